The van der Waals surface area contributed by atoms with Crippen molar-refractivity contribution in [2.24, 2.45) is 0 Å². The maximum Gasteiger partial charge on any atom is 0.244 e. The predicted octanol–water partition coefficient (Wildman–Crippen LogP) is 1.94. The molecular weight excluding hydrogens is 278 g/mol. The zero-order chi connectivity index (χ0) is 14.7. The Morgan fingerprint density at radius 1 is 1.55 bits per heavy atom. The molecular formula is C13H18ClN5O. The largest absolute Gasteiger partial charge is 0.349 e. The summed E-state index contributed by atoms with van der Waals surface area (Å²) >= 11 is 5.95. The highest BCUT2D eigenvalue weighted by atomic mass is 35.5. The number of carbonyl (C=O) groups excluding carboxylic acids is 1. The van der Waals surface area contributed by atoms with Crippen LogP contribution in [0.1, 0.15) is 31.3 Å². The van der Waals surface area contributed by atoms with Crippen molar-refractivity contribution in [2.75, 3.05) is 0 Å². The third kappa shape index (κ3) is 3.01. The van der Waals surface area contributed by atoms with Gasteiger partial charge in [0.1, 0.15) is 6.04 Å². The zero-order valence-corrected chi connectivity index (χ0v) is 12.6. The van der Waals surface area contributed by atoms with Crippen LogP contribution < -0.4 is 5.32 Å². The van der Waals surface area contributed by atoms with Crippen LogP contribution in [0.3, 0.4) is 0 Å². The second-order valence-corrected chi connectivity index (χ2v) is 4.98. The van der Waals surface area contributed by atoms with E-state index in [1.165, 1.54) is 0 Å². The summed E-state index contributed by atoms with van der Waals surface area (Å²) in [5.74, 6) is -0.104. The summed E-state index contributed by atoms with van der Waals surface area (Å²) in [5.41, 5.74) is 1.69. The van der Waals surface area contributed by atoms with Gasteiger partial charge in [-0.2, -0.15) is 10.2 Å². The van der Waals surface area contributed by atoms with E-state index in [-0.39, 0.29) is 5.91 Å². The van der Waals surface area contributed by atoms with Gasteiger partial charge in [0.05, 0.1) is 23.0 Å². The summed E-state index contributed by atoms with van der Waals surface area (Å²) in [6.45, 7) is 6.83. The van der Waals surface area contributed by atoms with Crippen LogP contribution in [0.2, 0.25) is 5.02 Å². The van der Waals surface area contributed by atoms with Gasteiger partial charge in [0, 0.05) is 18.9 Å². The lowest BCUT2D eigenvalue weighted by molar-refractivity contribution is -0.124. The van der Waals surface area contributed by atoms with Crippen molar-refractivity contribution < 1.29 is 4.79 Å². The summed E-state index contributed by atoms with van der Waals surface area (Å²) in [5, 5.41) is 11.8. The molecule has 2 heterocycles. The predicted molar refractivity (Wildman–Crippen MR) is 76.4 cm³/mol. The number of aromatic nitrogens is 4. The molecule has 1 amide bonds. The Kier molecular flexibility index (Phi) is 4.44. The lowest BCUT2D eigenvalue weighted by Gasteiger charge is -2.13. The summed E-state index contributed by atoms with van der Waals surface area (Å²) in [6.07, 6.45) is 3.39. The van der Waals surface area contributed by atoms with Crippen LogP contribution in [0.25, 0.3) is 0 Å². The van der Waals surface area contributed by atoms with Crippen molar-refractivity contribution in [1.82, 2.24) is 24.9 Å². The first kappa shape index (κ1) is 14.6. The Labute approximate surface area is 122 Å². The fourth-order valence-corrected chi connectivity index (χ4v) is 2.04. The number of nitrogens with zero attached hydrogens (tertiary/aromatic N) is 4. The van der Waals surface area contributed by atoms with Gasteiger partial charge in [0.2, 0.25) is 5.91 Å². The van der Waals surface area contributed by atoms with Crippen molar-refractivity contribution in [3.05, 3.63) is 34.9 Å². The third-order valence-corrected chi connectivity index (χ3v) is 3.55. The van der Waals surface area contributed by atoms with Gasteiger partial charge in [-0.15, -0.1) is 0 Å². The Morgan fingerprint density at radius 3 is 2.90 bits per heavy atom. The van der Waals surface area contributed by atoms with E-state index in [9.17, 15) is 4.79 Å². The number of carbonyl (C=O) groups is 1. The second-order valence-electron chi connectivity index (χ2n) is 4.57. The lowest BCUT2D eigenvalue weighted by atomic mass is 10.3. The van der Waals surface area contributed by atoms with Gasteiger partial charge in [0.25, 0.3) is 0 Å². The molecule has 7 heteroatoms. The monoisotopic (exact) mass is 295 g/mol. The minimum Gasteiger partial charge on any atom is -0.349 e. The second kappa shape index (κ2) is 6.09. The van der Waals surface area contributed by atoms with Gasteiger partial charge in [-0.25, -0.2) is 0 Å². The molecule has 0 spiro atoms. The number of nitrogens with one attached hydrogen (secondary N) is 1. The normalized spacial score (nSPS) is 12.4. The van der Waals surface area contributed by atoms with Gasteiger partial charge in [-0.05, 0) is 26.8 Å². The first-order valence-corrected chi connectivity index (χ1v) is 6.90. The Bertz CT molecular complexity index is 584. The van der Waals surface area contributed by atoms with Crippen LogP contribution in [0, 0.1) is 6.92 Å². The summed E-state index contributed by atoms with van der Waals surface area (Å²) in [4.78, 5) is 12.1. The molecule has 1 unspecified atom stereocenters. The Hall–Kier alpha value is -1.82. The van der Waals surface area contributed by atoms with Crippen molar-refractivity contribution in [2.45, 2.75) is 39.9 Å². The molecule has 0 bridgehead atoms. The van der Waals surface area contributed by atoms with Crippen molar-refractivity contribution in [3.8, 4) is 0 Å². The molecule has 2 aromatic rings. The first-order chi connectivity index (χ1) is 9.52. The van der Waals surface area contributed by atoms with Crippen LogP contribution in [0.15, 0.2) is 18.5 Å². The topological polar surface area (TPSA) is 64.7 Å². The number of amides is 1. The first-order valence-electron chi connectivity index (χ1n) is 6.52. The maximum absolute atomic E-state index is 12.1. The van der Waals surface area contributed by atoms with Crippen LogP contribution in [-0.4, -0.2) is 25.5 Å². The molecule has 0 saturated heterocycles. The number of hydrogen-bond donors (Lipinski definition) is 1. The van der Waals surface area contributed by atoms with E-state index in [1.54, 1.807) is 24.0 Å². The van der Waals surface area contributed by atoms with Crippen molar-refractivity contribution in [1.29, 1.82) is 0 Å². The standard InChI is InChI=1S/C13H18ClN5O/c1-4-18-11(5-6-16-18)7-15-13(20)10(3)19-8-12(14)9(2)17-19/h5-6,8,10H,4,7H2,1-3H3,(H,15,20). The smallest absolute Gasteiger partial charge is 0.244 e. The highest BCUT2D eigenvalue weighted by molar-refractivity contribution is 6.31. The van der Waals surface area contributed by atoms with E-state index >= 15 is 0 Å². The molecule has 2 aromatic heterocycles. The fraction of sp³-hybridized carbons (Fsp3) is 0.462. The molecule has 108 valence electrons. The summed E-state index contributed by atoms with van der Waals surface area (Å²) in [7, 11) is 0. The molecule has 1 atom stereocenters. The molecule has 0 fully saturated rings. The van der Waals surface area contributed by atoms with Gasteiger partial charge in [-0.1, -0.05) is 11.6 Å². The quantitative estimate of drug-likeness (QED) is 0.917. The number of halogens is 1. The van der Waals surface area contributed by atoms with Crippen molar-refractivity contribution >= 4 is 17.5 Å². The van der Waals surface area contributed by atoms with E-state index in [0.29, 0.717) is 11.6 Å². The van der Waals surface area contributed by atoms with Crippen LogP contribution in [-0.2, 0) is 17.9 Å². The van der Waals surface area contributed by atoms with E-state index in [4.69, 9.17) is 11.6 Å². The zero-order valence-electron chi connectivity index (χ0n) is 11.8. The molecule has 0 aliphatic heterocycles. The molecule has 6 nitrogen and oxygen atoms in total. The van der Waals surface area contributed by atoms with Crippen LogP contribution in [0.5, 0.6) is 0 Å². The molecule has 0 saturated carbocycles. The Balaban J connectivity index is 1.98. The molecule has 0 aliphatic rings. The van der Waals surface area contributed by atoms with E-state index in [1.807, 2.05) is 24.6 Å². The number of rotatable bonds is 5. The molecule has 0 aliphatic carbocycles. The molecule has 20 heavy (non-hydrogen) atoms. The molecule has 1 N–H and O–H groups in total. The lowest BCUT2D eigenvalue weighted by Crippen LogP contribution is -2.31. The highest BCUT2D eigenvalue weighted by Gasteiger charge is 2.17. The SMILES string of the molecule is CCn1nccc1CNC(=O)C(C)n1cc(Cl)c(C)n1. The number of hydrogen-bond acceptors (Lipinski definition) is 3. The highest BCUT2D eigenvalue weighted by Crippen LogP contribution is 2.15. The third-order valence-electron chi connectivity index (χ3n) is 3.18. The van der Waals surface area contributed by atoms with Gasteiger partial charge in [0.15, 0.2) is 0 Å². The van der Waals surface area contributed by atoms with Gasteiger partial charge in [-0.3, -0.25) is 14.2 Å². The minimum absolute atomic E-state index is 0.104. The average Bonchev–Trinajstić information content (AvgIpc) is 3.02. The molecule has 0 radical (unpaired) electrons. The summed E-state index contributed by atoms with van der Waals surface area (Å²) in [6, 6.07) is 1.49. The summed E-state index contributed by atoms with van der Waals surface area (Å²) < 4.78 is 3.42. The van der Waals surface area contributed by atoms with Crippen molar-refractivity contribution in [3.63, 3.8) is 0 Å². The maximum atomic E-state index is 12.1. The van der Waals surface area contributed by atoms with E-state index in [0.717, 1.165) is 17.9 Å². The van der Waals surface area contributed by atoms with E-state index < -0.39 is 6.04 Å². The van der Waals surface area contributed by atoms with Gasteiger partial charge < -0.3 is 5.32 Å². The minimum atomic E-state index is -0.404. The number of aryl methyl sites for hydroxylation is 2. The van der Waals surface area contributed by atoms with Crippen LogP contribution >= 0.6 is 11.6 Å². The molecule has 2 rings (SSSR count). The Morgan fingerprint density at radius 2 is 2.30 bits per heavy atom. The molecule has 0 aromatic carbocycles. The van der Waals surface area contributed by atoms with Crippen LogP contribution in [0.4, 0.5) is 0 Å². The van der Waals surface area contributed by atoms with Gasteiger partial charge >= 0.3 is 0 Å². The average molecular weight is 296 g/mol. The van der Waals surface area contributed by atoms with E-state index in [2.05, 4.69) is 15.5 Å². The fourth-order valence-electron chi connectivity index (χ4n) is 1.90.